The average Bonchev–Trinajstić information content (AvgIpc) is 2.74. The molecule has 0 aliphatic carbocycles. The van der Waals surface area contributed by atoms with Crippen LogP contribution >= 0.6 is 0 Å². The van der Waals surface area contributed by atoms with Crippen LogP contribution in [0.1, 0.15) is 41.3 Å². The Morgan fingerprint density at radius 1 is 0.893 bits per heavy atom. The van der Waals surface area contributed by atoms with Crippen molar-refractivity contribution in [3.63, 3.8) is 0 Å². The van der Waals surface area contributed by atoms with E-state index in [2.05, 4.69) is 11.4 Å². The van der Waals surface area contributed by atoms with E-state index in [4.69, 9.17) is 10.5 Å². The van der Waals surface area contributed by atoms with Gasteiger partial charge in [0.1, 0.15) is 5.75 Å². The van der Waals surface area contributed by atoms with Crippen LogP contribution in [0, 0.1) is 11.6 Å². The van der Waals surface area contributed by atoms with Crippen molar-refractivity contribution >= 4 is 0 Å². The van der Waals surface area contributed by atoms with Crippen LogP contribution < -0.4 is 15.8 Å². The first kappa shape index (κ1) is 20.0. The highest BCUT2D eigenvalue weighted by Crippen LogP contribution is 2.28. The quantitative estimate of drug-likeness (QED) is 0.613. The van der Waals surface area contributed by atoms with E-state index < -0.39 is 11.6 Å². The van der Waals surface area contributed by atoms with Gasteiger partial charge in [0, 0.05) is 12.6 Å². The Morgan fingerprint density at radius 3 is 2.25 bits per heavy atom. The predicted octanol–water partition coefficient (Wildman–Crippen LogP) is 4.87. The van der Waals surface area contributed by atoms with E-state index in [1.165, 1.54) is 6.07 Å². The van der Waals surface area contributed by atoms with E-state index in [1.54, 1.807) is 13.2 Å². The number of hydrogen-bond acceptors (Lipinski definition) is 3. The third-order valence-electron chi connectivity index (χ3n) is 4.83. The van der Waals surface area contributed by atoms with Crippen molar-refractivity contribution in [3.8, 4) is 5.75 Å². The molecular weight excluding hydrogens is 358 g/mol. The summed E-state index contributed by atoms with van der Waals surface area (Å²) in [6.45, 7) is 2.37. The zero-order chi connectivity index (χ0) is 20.1. The minimum absolute atomic E-state index is 0.152. The molecule has 0 fully saturated rings. The maximum Gasteiger partial charge on any atom is 0.159 e. The number of benzene rings is 3. The van der Waals surface area contributed by atoms with E-state index >= 15 is 0 Å². The van der Waals surface area contributed by atoms with Crippen LogP contribution in [0.15, 0.2) is 66.7 Å². The van der Waals surface area contributed by atoms with Crippen LogP contribution in [-0.2, 0) is 6.54 Å². The lowest BCUT2D eigenvalue weighted by Gasteiger charge is -2.25. The molecule has 28 heavy (non-hydrogen) atoms. The second-order valence-corrected chi connectivity index (χ2v) is 6.72. The van der Waals surface area contributed by atoms with Gasteiger partial charge in [-0.3, -0.25) is 5.32 Å². The summed E-state index contributed by atoms with van der Waals surface area (Å²) in [7, 11) is 1.63. The number of methoxy groups -OCH3 is 1. The monoisotopic (exact) mass is 382 g/mol. The molecule has 3 rings (SSSR count). The summed E-state index contributed by atoms with van der Waals surface area (Å²) in [5.41, 5.74) is 9.58. The van der Waals surface area contributed by atoms with Crippen molar-refractivity contribution < 1.29 is 13.5 Å². The normalized spacial score (nSPS) is 13.2. The van der Waals surface area contributed by atoms with Crippen molar-refractivity contribution in [2.75, 3.05) is 7.11 Å². The van der Waals surface area contributed by atoms with Crippen molar-refractivity contribution in [1.82, 2.24) is 5.32 Å². The minimum Gasteiger partial charge on any atom is -0.497 e. The van der Waals surface area contributed by atoms with Crippen molar-refractivity contribution in [2.24, 2.45) is 5.73 Å². The Labute approximate surface area is 164 Å². The molecule has 2 atom stereocenters. The fraction of sp³-hybridized carbons (Fsp3) is 0.217. The zero-order valence-corrected chi connectivity index (χ0v) is 16.0. The molecule has 0 aromatic heterocycles. The molecule has 0 saturated carbocycles. The fourth-order valence-electron chi connectivity index (χ4n) is 3.21. The number of halogens is 2. The van der Waals surface area contributed by atoms with E-state index in [1.807, 2.05) is 49.4 Å². The molecule has 0 aliphatic rings. The van der Waals surface area contributed by atoms with E-state index in [0.717, 1.165) is 28.5 Å². The van der Waals surface area contributed by atoms with Gasteiger partial charge < -0.3 is 10.5 Å². The second-order valence-electron chi connectivity index (χ2n) is 6.72. The first-order valence-corrected chi connectivity index (χ1v) is 9.15. The molecule has 0 aliphatic heterocycles. The standard InChI is InChI=1S/C23H24F2N2O/c1-15(18-8-11-21(24)22(25)13-18)27-23(17-6-9-20(28-2)10-7-17)19-5-3-4-16(12-19)14-26/h3-13,15,23,27H,14,26H2,1-2H3. The summed E-state index contributed by atoms with van der Waals surface area (Å²) in [5, 5.41) is 3.53. The maximum atomic E-state index is 13.7. The third kappa shape index (κ3) is 4.55. The highest BCUT2D eigenvalue weighted by molar-refractivity contribution is 5.37. The van der Waals surface area contributed by atoms with E-state index in [-0.39, 0.29) is 12.1 Å². The lowest BCUT2D eigenvalue weighted by Crippen LogP contribution is -2.26. The van der Waals surface area contributed by atoms with E-state index in [0.29, 0.717) is 12.1 Å². The van der Waals surface area contributed by atoms with Crippen LogP contribution in [0.5, 0.6) is 5.75 Å². The Balaban J connectivity index is 1.95. The Kier molecular flexibility index (Phi) is 6.39. The first-order chi connectivity index (χ1) is 13.5. The van der Waals surface area contributed by atoms with E-state index in [9.17, 15) is 8.78 Å². The largest absolute Gasteiger partial charge is 0.497 e. The first-order valence-electron chi connectivity index (χ1n) is 9.15. The molecular formula is C23H24F2N2O. The van der Waals surface area contributed by atoms with Gasteiger partial charge in [-0.25, -0.2) is 8.78 Å². The van der Waals surface area contributed by atoms with Gasteiger partial charge >= 0.3 is 0 Å². The highest BCUT2D eigenvalue weighted by Gasteiger charge is 2.19. The SMILES string of the molecule is COc1ccc(C(NC(C)c2ccc(F)c(F)c2)c2cccc(CN)c2)cc1. The van der Waals surface area contributed by atoms with Gasteiger partial charge in [-0.15, -0.1) is 0 Å². The summed E-state index contributed by atoms with van der Waals surface area (Å²) < 4.78 is 32.2. The number of hydrogen-bond donors (Lipinski definition) is 2. The van der Waals surface area contributed by atoms with Crippen LogP contribution in [0.25, 0.3) is 0 Å². The second kappa shape index (κ2) is 8.95. The summed E-state index contributed by atoms with van der Waals surface area (Å²) >= 11 is 0. The number of nitrogens with two attached hydrogens (primary N) is 1. The predicted molar refractivity (Wildman–Crippen MR) is 107 cm³/mol. The molecule has 0 bridgehead atoms. The summed E-state index contributed by atoms with van der Waals surface area (Å²) in [6.07, 6.45) is 0. The minimum atomic E-state index is -0.850. The molecule has 0 heterocycles. The molecule has 3 nitrogen and oxygen atoms in total. The number of ether oxygens (including phenoxy) is 1. The average molecular weight is 382 g/mol. The highest BCUT2D eigenvalue weighted by atomic mass is 19.2. The molecule has 2 unspecified atom stereocenters. The van der Waals surface area contributed by atoms with Crippen LogP contribution in [0.4, 0.5) is 8.78 Å². The van der Waals surface area contributed by atoms with Gasteiger partial charge in [-0.2, -0.15) is 0 Å². The van der Waals surface area contributed by atoms with Crippen LogP contribution in [0.3, 0.4) is 0 Å². The molecule has 3 aromatic carbocycles. The lowest BCUT2D eigenvalue weighted by atomic mass is 9.95. The zero-order valence-electron chi connectivity index (χ0n) is 16.0. The molecule has 0 radical (unpaired) electrons. The fourth-order valence-corrected chi connectivity index (χ4v) is 3.21. The number of nitrogens with one attached hydrogen (secondary N) is 1. The molecule has 146 valence electrons. The third-order valence-corrected chi connectivity index (χ3v) is 4.83. The summed E-state index contributed by atoms with van der Waals surface area (Å²) in [6, 6.07) is 19.4. The van der Waals surface area contributed by atoms with Gasteiger partial charge in [0.2, 0.25) is 0 Å². The van der Waals surface area contributed by atoms with Gasteiger partial charge in [0.05, 0.1) is 13.2 Å². The Morgan fingerprint density at radius 2 is 1.61 bits per heavy atom. The van der Waals surface area contributed by atoms with Crippen LogP contribution in [0.2, 0.25) is 0 Å². The van der Waals surface area contributed by atoms with Crippen LogP contribution in [-0.4, -0.2) is 7.11 Å². The van der Waals surface area contributed by atoms with Gasteiger partial charge in [0.25, 0.3) is 0 Å². The van der Waals surface area contributed by atoms with Gasteiger partial charge in [-0.1, -0.05) is 42.5 Å². The smallest absolute Gasteiger partial charge is 0.159 e. The Bertz CT molecular complexity index is 928. The molecule has 0 amide bonds. The van der Waals surface area contributed by atoms with Gasteiger partial charge in [-0.05, 0) is 53.4 Å². The summed E-state index contributed by atoms with van der Waals surface area (Å²) in [4.78, 5) is 0. The Hall–Kier alpha value is -2.76. The number of rotatable bonds is 7. The van der Waals surface area contributed by atoms with Crippen molar-refractivity contribution in [1.29, 1.82) is 0 Å². The topological polar surface area (TPSA) is 47.3 Å². The van der Waals surface area contributed by atoms with Crippen molar-refractivity contribution in [3.05, 3.63) is 101 Å². The van der Waals surface area contributed by atoms with Crippen molar-refractivity contribution in [2.45, 2.75) is 25.6 Å². The molecule has 3 N–H and O–H groups in total. The lowest BCUT2D eigenvalue weighted by molar-refractivity contribution is 0.414. The summed E-state index contributed by atoms with van der Waals surface area (Å²) in [5.74, 6) is -0.928. The molecule has 0 spiro atoms. The van der Waals surface area contributed by atoms with Gasteiger partial charge in [0.15, 0.2) is 11.6 Å². The molecule has 0 saturated heterocycles. The maximum absolute atomic E-state index is 13.7. The molecule has 5 heteroatoms. The molecule has 3 aromatic rings.